The lowest BCUT2D eigenvalue weighted by atomic mass is 9.98. The molecule has 8 aromatic rings. The van der Waals surface area contributed by atoms with Crippen LogP contribution in [0.15, 0.2) is 206 Å². The van der Waals surface area contributed by atoms with Gasteiger partial charge in [0.25, 0.3) is 0 Å². The molecule has 0 aliphatic heterocycles. The van der Waals surface area contributed by atoms with Crippen molar-refractivity contribution in [2.24, 2.45) is 0 Å². The van der Waals surface area contributed by atoms with Crippen LogP contribution in [0.4, 0.5) is 0 Å². The molecule has 0 heterocycles. The molecule has 0 unspecified atom stereocenters. The summed E-state index contributed by atoms with van der Waals surface area (Å²) in [6.45, 7) is 0. The van der Waals surface area contributed by atoms with Gasteiger partial charge in [0, 0.05) is 17.2 Å². The fraction of sp³-hybridized carbons (Fsp3) is 0. The zero-order valence-electron chi connectivity index (χ0n) is 28.4. The van der Waals surface area contributed by atoms with Gasteiger partial charge in [0.15, 0.2) is 0 Å². The largest absolute Gasteiger partial charge is 0.457 e. The second kappa shape index (κ2) is 15.2. The molecule has 0 radical (unpaired) electrons. The molecular weight excluding hydrogens is 633 g/mol. The molecule has 0 saturated heterocycles. The molecule has 0 aliphatic carbocycles. The van der Waals surface area contributed by atoms with E-state index in [4.69, 9.17) is 9.47 Å². The summed E-state index contributed by atoms with van der Waals surface area (Å²) in [5.41, 5.74) is 10.4. The van der Waals surface area contributed by atoms with Crippen LogP contribution in [0.1, 0.15) is 11.1 Å². The molecule has 0 aliphatic rings. The van der Waals surface area contributed by atoms with E-state index in [0.29, 0.717) is 11.5 Å². The zero-order chi connectivity index (χ0) is 35.0. The Balaban J connectivity index is 1.21. The summed E-state index contributed by atoms with van der Waals surface area (Å²) in [4.78, 5) is 0. The van der Waals surface area contributed by atoms with Crippen molar-refractivity contribution in [3.05, 3.63) is 217 Å². The molecule has 8 rings (SSSR count). The first-order chi connectivity index (χ1) is 25.7. The summed E-state index contributed by atoms with van der Waals surface area (Å²) < 4.78 is 13.4. The van der Waals surface area contributed by atoms with Crippen LogP contribution in [0.2, 0.25) is 0 Å². The maximum absolute atomic E-state index is 6.71. The second-order valence-corrected chi connectivity index (χ2v) is 12.5. The van der Waals surface area contributed by atoms with E-state index in [-0.39, 0.29) is 0 Å². The molecule has 0 aromatic heterocycles. The second-order valence-electron chi connectivity index (χ2n) is 12.5. The Bertz CT molecular complexity index is 2220. The lowest BCUT2D eigenvalue weighted by Crippen LogP contribution is -1.92. The van der Waals surface area contributed by atoms with Crippen LogP contribution in [-0.4, -0.2) is 0 Å². The van der Waals surface area contributed by atoms with E-state index in [2.05, 4.69) is 145 Å². The number of hydrogen-bond acceptors (Lipinski definition) is 2. The van der Waals surface area contributed by atoms with Gasteiger partial charge in [0.05, 0.1) is 0 Å². The van der Waals surface area contributed by atoms with Crippen LogP contribution in [0.5, 0.6) is 23.0 Å². The maximum atomic E-state index is 6.71. The predicted octanol–water partition coefficient (Wildman–Crippen LogP) is 13.3. The first kappa shape index (κ1) is 32.1. The van der Waals surface area contributed by atoms with Gasteiger partial charge in [-0.05, 0) is 105 Å². The molecule has 0 amide bonds. The monoisotopic (exact) mass is 666 g/mol. The SMILES string of the molecule is C(#Cc1cc(Oc2cc(-c3ccccc3)cc(-c3ccccc3)c2)cc(Oc2cc(-c3ccccc3)cc(-c3ccccc3)c2)c1)c1ccccc1. The molecule has 2 nitrogen and oxygen atoms in total. The van der Waals surface area contributed by atoms with Gasteiger partial charge in [0.2, 0.25) is 0 Å². The molecule has 0 bridgehead atoms. The molecule has 0 fully saturated rings. The van der Waals surface area contributed by atoms with Crippen molar-refractivity contribution in [3.63, 3.8) is 0 Å². The van der Waals surface area contributed by atoms with Crippen molar-refractivity contribution in [3.8, 4) is 79.3 Å². The quantitative estimate of drug-likeness (QED) is 0.150. The molecule has 0 saturated carbocycles. The van der Waals surface area contributed by atoms with Crippen LogP contribution in [0, 0.1) is 11.8 Å². The van der Waals surface area contributed by atoms with E-state index in [1.165, 1.54) is 0 Å². The van der Waals surface area contributed by atoms with Gasteiger partial charge >= 0.3 is 0 Å². The van der Waals surface area contributed by atoms with E-state index < -0.39 is 0 Å². The van der Waals surface area contributed by atoms with Crippen LogP contribution in [0.3, 0.4) is 0 Å². The van der Waals surface area contributed by atoms with Crippen molar-refractivity contribution in [1.82, 2.24) is 0 Å². The summed E-state index contributed by atoms with van der Waals surface area (Å²) in [5, 5.41) is 0. The maximum Gasteiger partial charge on any atom is 0.132 e. The highest BCUT2D eigenvalue weighted by molar-refractivity contribution is 5.77. The molecule has 8 aromatic carbocycles. The molecule has 52 heavy (non-hydrogen) atoms. The third-order valence-electron chi connectivity index (χ3n) is 8.72. The predicted molar refractivity (Wildman–Crippen MR) is 214 cm³/mol. The summed E-state index contributed by atoms with van der Waals surface area (Å²) in [6.07, 6.45) is 0. The van der Waals surface area contributed by atoms with E-state index in [1.54, 1.807) is 0 Å². The minimum Gasteiger partial charge on any atom is -0.457 e. The van der Waals surface area contributed by atoms with Gasteiger partial charge in [-0.2, -0.15) is 0 Å². The van der Waals surface area contributed by atoms with Gasteiger partial charge in [-0.25, -0.2) is 0 Å². The Labute approximate surface area is 305 Å². The van der Waals surface area contributed by atoms with Gasteiger partial charge in [0.1, 0.15) is 23.0 Å². The van der Waals surface area contributed by atoms with Crippen molar-refractivity contribution >= 4 is 0 Å². The Morgan fingerprint density at radius 2 is 0.519 bits per heavy atom. The van der Waals surface area contributed by atoms with Crippen molar-refractivity contribution in [2.75, 3.05) is 0 Å². The minimum absolute atomic E-state index is 0.626. The van der Waals surface area contributed by atoms with Gasteiger partial charge in [-0.15, -0.1) is 0 Å². The Morgan fingerprint density at radius 1 is 0.231 bits per heavy atom. The van der Waals surface area contributed by atoms with E-state index in [0.717, 1.165) is 67.1 Å². The molecule has 0 N–H and O–H groups in total. The Hall–Kier alpha value is -7.08. The van der Waals surface area contributed by atoms with Crippen LogP contribution in [0.25, 0.3) is 44.5 Å². The normalized spacial score (nSPS) is 10.5. The van der Waals surface area contributed by atoms with E-state index >= 15 is 0 Å². The number of hydrogen-bond donors (Lipinski definition) is 0. The summed E-state index contributed by atoms with van der Waals surface area (Å²) >= 11 is 0. The average molecular weight is 667 g/mol. The first-order valence-electron chi connectivity index (χ1n) is 17.3. The number of benzene rings is 8. The Morgan fingerprint density at radius 3 is 0.865 bits per heavy atom. The van der Waals surface area contributed by atoms with E-state index in [1.807, 2.05) is 72.8 Å². The van der Waals surface area contributed by atoms with Crippen molar-refractivity contribution in [1.29, 1.82) is 0 Å². The standard InChI is InChI=1S/C50H34O2/c1-6-16-37(17-7-1)26-27-38-28-47(51-49-32-43(39-18-8-2-9-19-39)30-44(33-49)40-20-10-3-11-21-40)36-48(29-38)52-50-34-45(41-22-12-4-13-23-41)31-46(35-50)42-24-14-5-15-25-42/h1-25,28-36H. The molecule has 246 valence electrons. The lowest BCUT2D eigenvalue weighted by Gasteiger charge is -2.15. The Kier molecular flexibility index (Phi) is 9.41. The van der Waals surface area contributed by atoms with Crippen LogP contribution < -0.4 is 9.47 Å². The van der Waals surface area contributed by atoms with Crippen molar-refractivity contribution in [2.45, 2.75) is 0 Å². The highest BCUT2D eigenvalue weighted by Crippen LogP contribution is 2.38. The van der Waals surface area contributed by atoms with Crippen LogP contribution >= 0.6 is 0 Å². The fourth-order valence-electron chi connectivity index (χ4n) is 6.20. The minimum atomic E-state index is 0.626. The third-order valence-corrected chi connectivity index (χ3v) is 8.72. The molecule has 2 heteroatoms. The molecule has 0 spiro atoms. The number of ether oxygens (including phenoxy) is 2. The number of rotatable bonds is 8. The van der Waals surface area contributed by atoms with Gasteiger partial charge < -0.3 is 9.47 Å². The zero-order valence-corrected chi connectivity index (χ0v) is 28.4. The smallest absolute Gasteiger partial charge is 0.132 e. The van der Waals surface area contributed by atoms with Gasteiger partial charge in [-0.1, -0.05) is 151 Å². The van der Waals surface area contributed by atoms with Gasteiger partial charge in [-0.3, -0.25) is 0 Å². The molecular formula is C50H34O2. The first-order valence-corrected chi connectivity index (χ1v) is 17.3. The summed E-state index contributed by atoms with van der Waals surface area (Å²) in [6, 6.07) is 70.1. The lowest BCUT2D eigenvalue weighted by molar-refractivity contribution is 0.460. The molecule has 0 atom stereocenters. The highest BCUT2D eigenvalue weighted by atomic mass is 16.5. The topological polar surface area (TPSA) is 18.5 Å². The summed E-state index contributed by atoms with van der Waals surface area (Å²) in [5.74, 6) is 9.35. The van der Waals surface area contributed by atoms with Crippen LogP contribution in [-0.2, 0) is 0 Å². The fourth-order valence-corrected chi connectivity index (χ4v) is 6.20. The third kappa shape index (κ3) is 7.87. The van der Waals surface area contributed by atoms with Crippen molar-refractivity contribution < 1.29 is 9.47 Å². The highest BCUT2D eigenvalue weighted by Gasteiger charge is 2.12. The van der Waals surface area contributed by atoms with E-state index in [9.17, 15) is 0 Å². The average Bonchev–Trinajstić information content (AvgIpc) is 3.21. The summed E-state index contributed by atoms with van der Waals surface area (Å²) in [7, 11) is 0.